The Morgan fingerprint density at radius 2 is 1.10 bits per heavy atom. The van der Waals surface area contributed by atoms with E-state index in [1.165, 1.54) is 82.5 Å². The molecule has 244 valence electrons. The van der Waals surface area contributed by atoms with E-state index in [9.17, 15) is 0 Å². The fourth-order valence-electron chi connectivity index (χ4n) is 13.7. The highest BCUT2D eigenvalue weighted by Gasteiger charge is 2.74. The second-order valence-electron chi connectivity index (χ2n) is 17.7. The maximum atomic E-state index is 2.75. The van der Waals surface area contributed by atoms with Crippen molar-refractivity contribution in [2.24, 2.45) is 40.9 Å². The molecule has 8 aliphatic rings. The van der Waals surface area contributed by atoms with Gasteiger partial charge in [-0.1, -0.05) is 106 Å². The Balaban J connectivity index is 1.03. The Kier molecular flexibility index (Phi) is 5.73. The zero-order valence-corrected chi connectivity index (χ0v) is 29.2. The Morgan fingerprint density at radius 1 is 0.510 bits per heavy atom. The summed E-state index contributed by atoms with van der Waals surface area (Å²) in [5, 5.41) is 0. The summed E-state index contributed by atoms with van der Waals surface area (Å²) >= 11 is 0. The Bertz CT molecular complexity index is 2110. The van der Waals surface area contributed by atoms with Gasteiger partial charge in [0.25, 0.3) is 0 Å². The van der Waals surface area contributed by atoms with Crippen molar-refractivity contribution in [3.63, 3.8) is 0 Å². The highest BCUT2D eigenvalue weighted by Crippen LogP contribution is 2.80. The molecule has 0 aliphatic heterocycles. The minimum absolute atomic E-state index is 0.0406. The molecule has 8 aliphatic carbocycles. The average Bonchev–Trinajstić information content (AvgIpc) is 3.37. The van der Waals surface area contributed by atoms with Crippen LogP contribution in [-0.4, -0.2) is 0 Å². The highest BCUT2D eigenvalue weighted by atomic mass is 15.1. The van der Waals surface area contributed by atoms with Crippen LogP contribution in [0.25, 0.3) is 22.3 Å². The van der Waals surface area contributed by atoms with E-state index in [4.69, 9.17) is 0 Å². The van der Waals surface area contributed by atoms with E-state index in [1.54, 1.807) is 12.0 Å². The Morgan fingerprint density at radius 3 is 1.88 bits per heavy atom. The molecule has 13 rings (SSSR count). The lowest BCUT2D eigenvalue weighted by molar-refractivity contribution is -0.266. The summed E-state index contributed by atoms with van der Waals surface area (Å²) in [5.74, 6) is 5.80. The van der Waals surface area contributed by atoms with Gasteiger partial charge in [0.05, 0.1) is 0 Å². The van der Waals surface area contributed by atoms with Crippen LogP contribution < -0.4 is 4.90 Å². The summed E-state index contributed by atoms with van der Waals surface area (Å²) in [6.45, 7) is 7.53. The van der Waals surface area contributed by atoms with Crippen LogP contribution in [0.2, 0.25) is 0 Å². The van der Waals surface area contributed by atoms with E-state index in [0.717, 1.165) is 35.5 Å². The maximum absolute atomic E-state index is 2.75. The Hall–Kier alpha value is -4.10. The topological polar surface area (TPSA) is 3.24 Å². The number of hydrogen-bond acceptors (Lipinski definition) is 1. The highest BCUT2D eigenvalue weighted by molar-refractivity contribution is 5.86. The van der Waals surface area contributed by atoms with Crippen LogP contribution in [0.1, 0.15) is 76.0 Å². The van der Waals surface area contributed by atoms with Crippen molar-refractivity contribution in [3.8, 4) is 22.3 Å². The van der Waals surface area contributed by atoms with Crippen molar-refractivity contribution in [2.75, 3.05) is 4.90 Å². The lowest BCUT2D eigenvalue weighted by Gasteiger charge is -2.79. The van der Waals surface area contributed by atoms with E-state index in [2.05, 4.69) is 147 Å². The molecule has 5 aromatic carbocycles. The van der Waals surface area contributed by atoms with Crippen molar-refractivity contribution in [2.45, 2.75) is 70.1 Å². The summed E-state index contributed by atoms with van der Waals surface area (Å²) < 4.78 is 0. The van der Waals surface area contributed by atoms with Gasteiger partial charge in [0, 0.05) is 27.9 Å². The zero-order valence-electron chi connectivity index (χ0n) is 29.2. The number of benzene rings is 5. The molecule has 0 saturated heterocycles. The quantitative estimate of drug-likeness (QED) is 0.185. The monoisotopic (exact) mass is 637 g/mol. The van der Waals surface area contributed by atoms with Crippen molar-refractivity contribution < 1.29 is 0 Å². The van der Waals surface area contributed by atoms with Crippen LogP contribution in [0, 0.1) is 40.9 Å². The van der Waals surface area contributed by atoms with Crippen molar-refractivity contribution >= 4 is 17.1 Å². The van der Waals surface area contributed by atoms with Gasteiger partial charge in [-0.05, 0) is 155 Å². The first-order chi connectivity index (χ1) is 23.8. The molecule has 8 atom stereocenters. The van der Waals surface area contributed by atoms with Crippen LogP contribution in [-0.2, 0) is 10.8 Å². The average molecular weight is 638 g/mol. The molecule has 1 nitrogen and oxygen atoms in total. The first kappa shape index (κ1) is 28.7. The van der Waals surface area contributed by atoms with Crippen LogP contribution in [0.3, 0.4) is 0 Å². The Labute approximate surface area is 292 Å². The van der Waals surface area contributed by atoms with Gasteiger partial charge in [-0.2, -0.15) is 0 Å². The molecule has 8 unspecified atom stereocenters. The SMILES string of the molecule is CC1(C)c2ccccc2-c2ccc(N(c3ccc(-c4ccccc4)cc3)c3ccc(C45CC6CC7C8CC(CC74)CC5(C)C8C6)cc3)cc21. The van der Waals surface area contributed by atoms with E-state index < -0.39 is 0 Å². The molecule has 0 spiro atoms. The number of nitrogens with zero attached hydrogens (tertiary/aromatic N) is 1. The molecule has 0 radical (unpaired) electrons. The molecular weight excluding hydrogens is 591 g/mol. The molecule has 7 saturated carbocycles. The summed E-state index contributed by atoms with van der Waals surface area (Å²) in [7, 11) is 0. The molecule has 5 aromatic rings. The fourth-order valence-corrected chi connectivity index (χ4v) is 13.7. The minimum atomic E-state index is -0.0406. The van der Waals surface area contributed by atoms with Crippen molar-refractivity contribution in [1.29, 1.82) is 0 Å². The normalized spacial score (nSPS) is 33.4. The molecule has 49 heavy (non-hydrogen) atoms. The van der Waals surface area contributed by atoms with E-state index >= 15 is 0 Å². The van der Waals surface area contributed by atoms with E-state index in [-0.39, 0.29) is 5.41 Å². The zero-order chi connectivity index (χ0) is 32.7. The largest absolute Gasteiger partial charge is 0.310 e. The third kappa shape index (κ3) is 3.67. The van der Waals surface area contributed by atoms with Gasteiger partial charge in [0.1, 0.15) is 0 Å². The van der Waals surface area contributed by atoms with E-state index in [1.807, 2.05) is 0 Å². The van der Waals surface area contributed by atoms with Crippen LogP contribution >= 0.6 is 0 Å². The van der Waals surface area contributed by atoms with Gasteiger partial charge in [-0.15, -0.1) is 0 Å². The molecule has 0 aromatic heterocycles. The second-order valence-corrected chi connectivity index (χ2v) is 17.7. The van der Waals surface area contributed by atoms with Crippen LogP contribution in [0.15, 0.2) is 121 Å². The minimum Gasteiger partial charge on any atom is -0.310 e. The smallest absolute Gasteiger partial charge is 0.0465 e. The molecule has 0 heterocycles. The van der Waals surface area contributed by atoms with Gasteiger partial charge in [0.2, 0.25) is 0 Å². The van der Waals surface area contributed by atoms with Crippen molar-refractivity contribution in [1.82, 2.24) is 0 Å². The third-order valence-corrected chi connectivity index (χ3v) is 15.5. The number of hydrogen-bond donors (Lipinski definition) is 0. The molecule has 0 N–H and O–H groups in total. The second kappa shape index (κ2) is 9.78. The summed E-state index contributed by atoms with van der Waals surface area (Å²) in [6.07, 6.45) is 8.99. The van der Waals surface area contributed by atoms with Gasteiger partial charge in [-0.25, -0.2) is 0 Å². The fraction of sp³-hybridized carbons (Fsp3) is 0.375. The first-order valence-corrected chi connectivity index (χ1v) is 19.2. The third-order valence-electron chi connectivity index (χ3n) is 15.5. The maximum Gasteiger partial charge on any atom is 0.0465 e. The van der Waals surface area contributed by atoms with Gasteiger partial charge in [0.15, 0.2) is 0 Å². The van der Waals surface area contributed by atoms with Gasteiger partial charge < -0.3 is 4.90 Å². The van der Waals surface area contributed by atoms with Crippen LogP contribution in [0.5, 0.6) is 0 Å². The lowest BCUT2D eigenvalue weighted by Crippen LogP contribution is -2.74. The number of fused-ring (bicyclic) bond motifs is 3. The molecule has 8 bridgehead atoms. The van der Waals surface area contributed by atoms with Crippen molar-refractivity contribution in [3.05, 3.63) is 138 Å². The predicted molar refractivity (Wildman–Crippen MR) is 203 cm³/mol. The molecule has 1 heteroatoms. The molecule has 7 fully saturated rings. The number of anilines is 3. The van der Waals surface area contributed by atoms with Gasteiger partial charge in [-0.3, -0.25) is 0 Å². The summed E-state index contributed by atoms with van der Waals surface area (Å²) in [4.78, 5) is 2.51. The first-order valence-electron chi connectivity index (χ1n) is 19.2. The van der Waals surface area contributed by atoms with E-state index in [0.29, 0.717) is 10.8 Å². The molecular formula is C48H47N. The summed E-state index contributed by atoms with van der Waals surface area (Å²) in [6, 6.07) is 46.3. The van der Waals surface area contributed by atoms with Gasteiger partial charge >= 0.3 is 0 Å². The predicted octanol–water partition coefficient (Wildman–Crippen LogP) is 12.5. The molecule has 0 amide bonds. The lowest BCUT2D eigenvalue weighted by atomic mass is 9.25. The van der Waals surface area contributed by atoms with Crippen LogP contribution in [0.4, 0.5) is 17.1 Å². The standard InChI is InChI=1S/C48H47N/c1-46(2)42-12-8-7-11-38(42)39-22-21-37(27-43(39)46)49(35-17-13-33(14-18-35)32-9-5-4-6-10-32)36-19-15-34(16-20-36)48-29-31-24-41-40-23-30(26-45(41)48)28-47(48,3)44(40)25-31/h4-22,27,30-31,40-41,44-45H,23-26,28-29H2,1-3H3. The number of rotatable bonds is 5. The summed E-state index contributed by atoms with van der Waals surface area (Å²) in [5.41, 5.74) is 14.3.